The highest BCUT2D eigenvalue weighted by Gasteiger charge is 2.21. The molecule has 0 unspecified atom stereocenters. The van der Waals surface area contributed by atoms with Crippen molar-refractivity contribution in [3.63, 3.8) is 0 Å². The number of hydrogen-bond acceptors (Lipinski definition) is 4. The van der Waals surface area contributed by atoms with E-state index in [-0.39, 0.29) is 11.3 Å². The first-order valence-corrected chi connectivity index (χ1v) is 8.14. The van der Waals surface area contributed by atoms with Crippen LogP contribution in [0.15, 0.2) is 6.07 Å². The highest BCUT2D eigenvalue weighted by molar-refractivity contribution is 5.77. The second-order valence-electron chi connectivity index (χ2n) is 7.03. The quantitative estimate of drug-likeness (QED) is 0.850. The summed E-state index contributed by atoms with van der Waals surface area (Å²) in [6.07, 6.45) is 0. The van der Waals surface area contributed by atoms with Crippen molar-refractivity contribution in [2.75, 3.05) is 39.3 Å². The Kier molecular flexibility index (Phi) is 5.58. The Balaban J connectivity index is 1.78. The fourth-order valence-electron chi connectivity index (χ4n) is 2.63. The fourth-order valence-corrected chi connectivity index (χ4v) is 2.63. The average Bonchev–Trinajstić information content (AvgIpc) is 2.90. The molecular formula is C16H29N5O. The lowest BCUT2D eigenvalue weighted by atomic mass is 9.92. The van der Waals surface area contributed by atoms with Crippen LogP contribution in [0.4, 0.5) is 0 Å². The maximum atomic E-state index is 11.6. The summed E-state index contributed by atoms with van der Waals surface area (Å²) >= 11 is 0. The Labute approximate surface area is 133 Å². The number of aromatic nitrogens is 2. The lowest BCUT2D eigenvalue weighted by Crippen LogP contribution is -2.49. The van der Waals surface area contributed by atoms with E-state index in [4.69, 9.17) is 0 Å². The van der Waals surface area contributed by atoms with Crippen LogP contribution in [0.3, 0.4) is 0 Å². The molecule has 2 N–H and O–H groups in total. The van der Waals surface area contributed by atoms with Crippen LogP contribution in [0.5, 0.6) is 0 Å². The first-order chi connectivity index (χ1) is 10.4. The molecule has 1 aliphatic heterocycles. The highest BCUT2D eigenvalue weighted by atomic mass is 16.2. The van der Waals surface area contributed by atoms with Gasteiger partial charge in [-0.2, -0.15) is 5.10 Å². The number of carbonyl (C=O) groups is 1. The van der Waals surface area contributed by atoms with E-state index in [1.165, 1.54) is 5.69 Å². The summed E-state index contributed by atoms with van der Waals surface area (Å²) in [6, 6.07) is 2.17. The third-order valence-corrected chi connectivity index (χ3v) is 4.00. The molecule has 0 aromatic carbocycles. The Hall–Kier alpha value is -1.40. The molecule has 1 aliphatic rings. The summed E-state index contributed by atoms with van der Waals surface area (Å²) in [5.74, 6) is 0.124. The lowest BCUT2D eigenvalue weighted by molar-refractivity contribution is -0.122. The van der Waals surface area contributed by atoms with Gasteiger partial charge in [-0.05, 0) is 13.0 Å². The third-order valence-electron chi connectivity index (χ3n) is 4.00. The summed E-state index contributed by atoms with van der Waals surface area (Å²) in [6.45, 7) is 14.5. The molecule has 2 heterocycles. The average molecular weight is 307 g/mol. The van der Waals surface area contributed by atoms with Gasteiger partial charge in [-0.3, -0.25) is 19.7 Å². The van der Waals surface area contributed by atoms with Gasteiger partial charge in [-0.25, -0.2) is 0 Å². The first-order valence-electron chi connectivity index (χ1n) is 8.14. The Morgan fingerprint density at radius 2 is 1.91 bits per heavy atom. The van der Waals surface area contributed by atoms with Gasteiger partial charge in [0, 0.05) is 50.4 Å². The van der Waals surface area contributed by atoms with Crippen molar-refractivity contribution in [1.29, 1.82) is 0 Å². The van der Waals surface area contributed by atoms with Gasteiger partial charge < -0.3 is 5.32 Å². The monoisotopic (exact) mass is 307 g/mol. The normalized spacial score (nSPS) is 17.6. The largest absolute Gasteiger partial charge is 0.355 e. The number of piperazine rings is 1. The number of aromatic amines is 1. The molecule has 1 fully saturated rings. The number of nitrogens with zero attached hydrogens (tertiary/aromatic N) is 3. The van der Waals surface area contributed by atoms with Gasteiger partial charge in [0.25, 0.3) is 0 Å². The Bertz CT molecular complexity index is 483. The first kappa shape index (κ1) is 17.0. The summed E-state index contributed by atoms with van der Waals surface area (Å²) in [7, 11) is 0. The van der Waals surface area contributed by atoms with E-state index >= 15 is 0 Å². The molecule has 22 heavy (non-hydrogen) atoms. The van der Waals surface area contributed by atoms with Gasteiger partial charge in [-0.1, -0.05) is 20.8 Å². The van der Waals surface area contributed by atoms with Crippen molar-refractivity contribution in [2.24, 2.45) is 0 Å². The molecule has 0 spiro atoms. The molecule has 0 aliphatic carbocycles. The van der Waals surface area contributed by atoms with Gasteiger partial charge in [0.05, 0.1) is 12.2 Å². The van der Waals surface area contributed by atoms with Crippen LogP contribution >= 0.6 is 0 Å². The molecule has 0 radical (unpaired) electrons. The maximum Gasteiger partial charge on any atom is 0.234 e. The van der Waals surface area contributed by atoms with E-state index in [9.17, 15) is 4.79 Å². The molecule has 0 bridgehead atoms. The van der Waals surface area contributed by atoms with Crippen LogP contribution in [0.1, 0.15) is 39.1 Å². The fraction of sp³-hybridized carbons (Fsp3) is 0.750. The molecule has 0 atom stereocenters. The number of nitrogens with one attached hydrogen (secondary N) is 2. The number of rotatable bonds is 5. The molecule has 2 rings (SSSR count). The van der Waals surface area contributed by atoms with Crippen molar-refractivity contribution in [1.82, 2.24) is 25.3 Å². The van der Waals surface area contributed by atoms with E-state index in [0.717, 1.165) is 38.4 Å². The predicted molar refractivity (Wildman–Crippen MR) is 87.7 cm³/mol. The van der Waals surface area contributed by atoms with Gasteiger partial charge in [0.1, 0.15) is 0 Å². The Morgan fingerprint density at radius 3 is 2.45 bits per heavy atom. The second kappa shape index (κ2) is 7.24. The van der Waals surface area contributed by atoms with Crippen molar-refractivity contribution in [2.45, 2.75) is 39.7 Å². The SMILES string of the molecule is CCNC(=O)CN1CCN(Cc2cc(C(C)(C)C)n[nH]2)CC1. The molecule has 1 amide bonds. The van der Waals surface area contributed by atoms with Crippen LogP contribution in [0, 0.1) is 0 Å². The molecule has 1 aromatic heterocycles. The molecule has 124 valence electrons. The zero-order valence-electron chi connectivity index (χ0n) is 14.3. The predicted octanol–water partition coefficient (Wildman–Crippen LogP) is 0.961. The van der Waals surface area contributed by atoms with Crippen LogP contribution in [0.2, 0.25) is 0 Å². The minimum absolute atomic E-state index is 0.0834. The number of amides is 1. The number of carbonyl (C=O) groups excluding carboxylic acids is 1. The van der Waals surface area contributed by atoms with E-state index in [2.05, 4.69) is 52.2 Å². The highest BCUT2D eigenvalue weighted by Crippen LogP contribution is 2.20. The summed E-state index contributed by atoms with van der Waals surface area (Å²) in [5.41, 5.74) is 2.36. The molecule has 0 saturated carbocycles. The van der Waals surface area contributed by atoms with Gasteiger partial charge in [0.15, 0.2) is 0 Å². The zero-order valence-corrected chi connectivity index (χ0v) is 14.3. The number of likely N-dealkylation sites (N-methyl/N-ethyl adjacent to an activating group) is 1. The minimum Gasteiger partial charge on any atom is -0.355 e. The van der Waals surface area contributed by atoms with Crippen molar-refractivity contribution in [3.8, 4) is 0 Å². The van der Waals surface area contributed by atoms with Crippen molar-refractivity contribution >= 4 is 5.91 Å². The van der Waals surface area contributed by atoms with Crippen LogP contribution < -0.4 is 5.32 Å². The van der Waals surface area contributed by atoms with Crippen LogP contribution in [-0.4, -0.2) is 65.2 Å². The topological polar surface area (TPSA) is 64.3 Å². The molecule has 1 saturated heterocycles. The van der Waals surface area contributed by atoms with E-state index in [0.29, 0.717) is 13.1 Å². The van der Waals surface area contributed by atoms with Gasteiger partial charge in [-0.15, -0.1) is 0 Å². The van der Waals surface area contributed by atoms with E-state index < -0.39 is 0 Å². The lowest BCUT2D eigenvalue weighted by Gasteiger charge is -2.33. The number of hydrogen-bond donors (Lipinski definition) is 2. The third kappa shape index (κ3) is 4.81. The molecule has 6 heteroatoms. The summed E-state index contributed by atoms with van der Waals surface area (Å²) in [5, 5.41) is 10.4. The second-order valence-corrected chi connectivity index (χ2v) is 7.03. The van der Waals surface area contributed by atoms with Crippen molar-refractivity contribution < 1.29 is 4.79 Å². The minimum atomic E-state index is 0.0834. The number of H-pyrrole nitrogens is 1. The van der Waals surface area contributed by atoms with Crippen molar-refractivity contribution in [3.05, 3.63) is 17.5 Å². The summed E-state index contributed by atoms with van der Waals surface area (Å²) in [4.78, 5) is 16.2. The van der Waals surface area contributed by atoms with Crippen LogP contribution in [-0.2, 0) is 16.8 Å². The standard InChI is InChI=1S/C16H29N5O/c1-5-17-15(22)12-21-8-6-20(7-9-21)11-13-10-14(19-18-13)16(2,3)4/h10H,5-9,11-12H2,1-4H3,(H,17,22)(H,18,19). The van der Waals surface area contributed by atoms with E-state index in [1.54, 1.807) is 0 Å². The molecule has 6 nitrogen and oxygen atoms in total. The van der Waals surface area contributed by atoms with Crippen LogP contribution in [0.25, 0.3) is 0 Å². The van der Waals surface area contributed by atoms with Gasteiger partial charge >= 0.3 is 0 Å². The van der Waals surface area contributed by atoms with E-state index in [1.807, 2.05) is 6.92 Å². The Morgan fingerprint density at radius 1 is 1.27 bits per heavy atom. The molecule has 1 aromatic rings. The maximum absolute atomic E-state index is 11.6. The zero-order chi connectivity index (χ0) is 16.2. The van der Waals surface area contributed by atoms with Gasteiger partial charge in [0.2, 0.25) is 5.91 Å². The smallest absolute Gasteiger partial charge is 0.234 e. The summed E-state index contributed by atoms with van der Waals surface area (Å²) < 4.78 is 0. The molecular weight excluding hydrogens is 278 g/mol.